The Balaban J connectivity index is 1.83. The molecule has 21 heavy (non-hydrogen) atoms. The van der Waals surface area contributed by atoms with Crippen LogP contribution in [0.25, 0.3) is 0 Å². The number of rotatable bonds is 2. The van der Waals surface area contributed by atoms with E-state index >= 15 is 0 Å². The van der Waals surface area contributed by atoms with E-state index in [2.05, 4.69) is 81.6 Å². The number of nitrogens with one attached hydrogen (secondary N) is 1. The summed E-state index contributed by atoms with van der Waals surface area (Å²) in [5.74, 6) is 0. The van der Waals surface area contributed by atoms with Gasteiger partial charge in [-0.25, -0.2) is 0 Å². The van der Waals surface area contributed by atoms with Gasteiger partial charge in [-0.05, 0) is 43.1 Å². The topological polar surface area (TPSA) is 15.3 Å². The molecule has 2 nitrogen and oxygen atoms in total. The Bertz CT molecular complexity index is 597. The van der Waals surface area contributed by atoms with Gasteiger partial charge in [-0.1, -0.05) is 52.3 Å². The van der Waals surface area contributed by atoms with Crippen LogP contribution in [-0.4, -0.2) is 19.6 Å². The van der Waals surface area contributed by atoms with Gasteiger partial charge in [0, 0.05) is 29.3 Å². The van der Waals surface area contributed by atoms with E-state index in [1.807, 2.05) is 0 Å². The van der Waals surface area contributed by atoms with Crippen molar-refractivity contribution in [2.24, 2.45) is 0 Å². The van der Waals surface area contributed by atoms with Crippen molar-refractivity contribution in [3.05, 3.63) is 64.1 Å². The average molecular weight is 345 g/mol. The molecule has 0 saturated carbocycles. The quantitative estimate of drug-likeness (QED) is 0.873. The largest absolute Gasteiger partial charge is 0.370 e. The molecule has 110 valence electrons. The molecule has 1 heterocycles. The Morgan fingerprint density at radius 2 is 1.95 bits per heavy atom. The highest BCUT2D eigenvalue weighted by atomic mass is 79.9. The van der Waals surface area contributed by atoms with Gasteiger partial charge >= 0.3 is 0 Å². The second kappa shape index (κ2) is 6.63. The molecule has 1 aliphatic rings. The van der Waals surface area contributed by atoms with Gasteiger partial charge in [0.25, 0.3) is 0 Å². The summed E-state index contributed by atoms with van der Waals surface area (Å²) < 4.78 is 1.19. The minimum atomic E-state index is 0.397. The predicted octanol–water partition coefficient (Wildman–Crippen LogP) is 4.30. The summed E-state index contributed by atoms with van der Waals surface area (Å²) in [7, 11) is 0. The van der Waals surface area contributed by atoms with E-state index < -0.39 is 0 Å². The molecule has 1 saturated heterocycles. The van der Waals surface area contributed by atoms with Gasteiger partial charge in [-0.3, -0.25) is 0 Å². The molecule has 3 heteroatoms. The smallest absolute Gasteiger partial charge is 0.0498 e. The molecule has 2 aromatic carbocycles. The van der Waals surface area contributed by atoms with Crippen LogP contribution in [0.2, 0.25) is 0 Å². The Morgan fingerprint density at radius 1 is 1.14 bits per heavy atom. The predicted molar refractivity (Wildman–Crippen MR) is 92.9 cm³/mol. The molecule has 0 radical (unpaired) electrons. The first-order chi connectivity index (χ1) is 10.2. The van der Waals surface area contributed by atoms with Crippen LogP contribution in [0.5, 0.6) is 0 Å². The lowest BCUT2D eigenvalue weighted by Gasteiger charge is -2.27. The molecule has 2 aromatic rings. The second-order valence-corrected chi connectivity index (χ2v) is 6.50. The zero-order valence-corrected chi connectivity index (χ0v) is 13.9. The van der Waals surface area contributed by atoms with Crippen molar-refractivity contribution >= 4 is 21.6 Å². The van der Waals surface area contributed by atoms with Crippen LogP contribution in [0.15, 0.2) is 53.0 Å². The molecule has 0 aromatic heterocycles. The summed E-state index contributed by atoms with van der Waals surface area (Å²) in [5.41, 5.74) is 3.96. The maximum atomic E-state index is 3.67. The van der Waals surface area contributed by atoms with Crippen LogP contribution in [0, 0.1) is 6.92 Å². The summed E-state index contributed by atoms with van der Waals surface area (Å²) >= 11 is 3.65. The molecule has 0 bridgehead atoms. The third kappa shape index (κ3) is 3.47. The summed E-state index contributed by atoms with van der Waals surface area (Å²) in [6.07, 6.45) is 1.18. The van der Waals surface area contributed by atoms with Crippen LogP contribution in [-0.2, 0) is 0 Å². The van der Waals surface area contributed by atoms with Crippen molar-refractivity contribution in [1.29, 1.82) is 0 Å². The number of anilines is 1. The van der Waals surface area contributed by atoms with Gasteiger partial charge in [-0.2, -0.15) is 0 Å². The fourth-order valence-electron chi connectivity index (χ4n) is 2.84. The van der Waals surface area contributed by atoms with Gasteiger partial charge < -0.3 is 10.2 Å². The van der Waals surface area contributed by atoms with Crippen molar-refractivity contribution in [3.63, 3.8) is 0 Å². The lowest BCUT2D eigenvalue weighted by molar-refractivity contribution is 0.570. The summed E-state index contributed by atoms with van der Waals surface area (Å²) in [5, 5.41) is 3.67. The minimum Gasteiger partial charge on any atom is -0.370 e. The maximum Gasteiger partial charge on any atom is 0.0498 e. The molecule has 1 N–H and O–H groups in total. The SMILES string of the molecule is Cc1ccc(N2CCCNC(c3ccccc3)C2)cc1Br. The lowest BCUT2D eigenvalue weighted by Crippen LogP contribution is -2.31. The van der Waals surface area contributed by atoms with Crippen molar-refractivity contribution < 1.29 is 0 Å². The zero-order chi connectivity index (χ0) is 14.7. The first-order valence-electron chi connectivity index (χ1n) is 7.53. The molecule has 0 spiro atoms. The van der Waals surface area contributed by atoms with Gasteiger partial charge in [0.15, 0.2) is 0 Å². The van der Waals surface area contributed by atoms with Crippen LogP contribution >= 0.6 is 15.9 Å². The number of halogens is 1. The number of nitrogens with zero attached hydrogens (tertiary/aromatic N) is 1. The van der Waals surface area contributed by atoms with Crippen LogP contribution in [0.4, 0.5) is 5.69 Å². The van der Waals surface area contributed by atoms with Gasteiger partial charge in [0.05, 0.1) is 0 Å². The molecule has 0 aliphatic carbocycles. The standard InChI is InChI=1S/C18H21BrN2/c1-14-8-9-16(12-17(14)19)21-11-5-10-20-18(13-21)15-6-3-2-4-7-15/h2-4,6-9,12,18,20H,5,10-11,13H2,1H3. The normalized spacial score (nSPS) is 19.3. The van der Waals surface area contributed by atoms with E-state index in [0.717, 1.165) is 19.6 Å². The van der Waals surface area contributed by atoms with Crippen LogP contribution in [0.3, 0.4) is 0 Å². The average Bonchev–Trinajstić information content (AvgIpc) is 2.77. The summed E-state index contributed by atoms with van der Waals surface area (Å²) in [6, 6.07) is 17.8. The summed E-state index contributed by atoms with van der Waals surface area (Å²) in [4.78, 5) is 2.49. The highest BCUT2D eigenvalue weighted by Gasteiger charge is 2.19. The Hall–Kier alpha value is -1.32. The highest BCUT2D eigenvalue weighted by molar-refractivity contribution is 9.10. The van der Waals surface area contributed by atoms with Crippen molar-refractivity contribution in [1.82, 2.24) is 5.32 Å². The molecule has 0 amide bonds. The van der Waals surface area contributed by atoms with Gasteiger partial charge in [0.2, 0.25) is 0 Å². The van der Waals surface area contributed by atoms with Crippen molar-refractivity contribution in [2.75, 3.05) is 24.5 Å². The molecular formula is C18H21BrN2. The van der Waals surface area contributed by atoms with Gasteiger partial charge in [-0.15, -0.1) is 0 Å². The molecular weight excluding hydrogens is 324 g/mol. The lowest BCUT2D eigenvalue weighted by atomic mass is 10.1. The molecule has 1 unspecified atom stereocenters. The first kappa shape index (κ1) is 14.6. The minimum absolute atomic E-state index is 0.397. The van der Waals surface area contributed by atoms with Crippen LogP contribution in [0.1, 0.15) is 23.6 Å². The van der Waals surface area contributed by atoms with E-state index in [9.17, 15) is 0 Å². The summed E-state index contributed by atoms with van der Waals surface area (Å²) in [6.45, 7) is 5.32. The van der Waals surface area contributed by atoms with E-state index in [0.29, 0.717) is 6.04 Å². The molecule has 1 fully saturated rings. The molecule has 1 atom stereocenters. The number of benzene rings is 2. The third-order valence-corrected chi connectivity index (χ3v) is 4.98. The maximum absolute atomic E-state index is 3.67. The van der Waals surface area contributed by atoms with E-state index in [-0.39, 0.29) is 0 Å². The fourth-order valence-corrected chi connectivity index (χ4v) is 3.21. The number of hydrogen-bond donors (Lipinski definition) is 1. The Labute approximate surface area is 135 Å². The monoisotopic (exact) mass is 344 g/mol. The second-order valence-electron chi connectivity index (χ2n) is 5.65. The molecule has 3 rings (SSSR count). The van der Waals surface area contributed by atoms with Gasteiger partial charge in [0.1, 0.15) is 0 Å². The Kier molecular flexibility index (Phi) is 4.61. The Morgan fingerprint density at radius 3 is 2.71 bits per heavy atom. The van der Waals surface area contributed by atoms with E-state index in [1.54, 1.807) is 0 Å². The number of aryl methyl sites for hydroxylation is 1. The molecule has 1 aliphatic heterocycles. The van der Waals surface area contributed by atoms with E-state index in [1.165, 1.54) is 27.7 Å². The first-order valence-corrected chi connectivity index (χ1v) is 8.33. The fraction of sp³-hybridized carbons (Fsp3) is 0.333. The number of hydrogen-bond acceptors (Lipinski definition) is 2. The zero-order valence-electron chi connectivity index (χ0n) is 12.3. The third-order valence-electron chi connectivity index (χ3n) is 4.12. The van der Waals surface area contributed by atoms with Crippen molar-refractivity contribution in [2.45, 2.75) is 19.4 Å². The highest BCUT2D eigenvalue weighted by Crippen LogP contribution is 2.26. The van der Waals surface area contributed by atoms with E-state index in [4.69, 9.17) is 0 Å². The van der Waals surface area contributed by atoms with Crippen LogP contribution < -0.4 is 10.2 Å². The van der Waals surface area contributed by atoms with Crippen molar-refractivity contribution in [3.8, 4) is 0 Å².